The van der Waals surface area contributed by atoms with Crippen molar-refractivity contribution >= 4 is 0 Å². The summed E-state index contributed by atoms with van der Waals surface area (Å²) in [6.07, 6.45) is 5.68. The van der Waals surface area contributed by atoms with Gasteiger partial charge in [-0.3, -0.25) is 0 Å². The highest BCUT2D eigenvalue weighted by Crippen LogP contribution is 2.34. The normalized spacial score (nSPS) is 19.3. The molecule has 0 aromatic heterocycles. The first kappa shape index (κ1) is 12.5. The second kappa shape index (κ2) is 5.13. The third kappa shape index (κ3) is 2.65. The Morgan fingerprint density at radius 1 is 1.12 bits per heavy atom. The molecule has 1 aromatic carbocycles. The van der Waals surface area contributed by atoms with Crippen LogP contribution in [0.5, 0.6) is 0 Å². The summed E-state index contributed by atoms with van der Waals surface area (Å²) in [5, 5.41) is 0. The molecular formula is C14H19F2N. The van der Waals surface area contributed by atoms with Gasteiger partial charge in [-0.2, -0.15) is 0 Å². The molecule has 1 saturated carbocycles. The molecule has 3 heteroatoms. The fraction of sp³-hybridized carbons (Fsp3) is 0.571. The summed E-state index contributed by atoms with van der Waals surface area (Å²) in [6.45, 7) is 1.64. The van der Waals surface area contributed by atoms with E-state index in [-0.39, 0.29) is 6.04 Å². The fourth-order valence-corrected chi connectivity index (χ4v) is 2.68. The van der Waals surface area contributed by atoms with Crippen LogP contribution in [0, 0.1) is 24.5 Å². The average Bonchev–Trinajstić information content (AvgIpc) is 2.34. The van der Waals surface area contributed by atoms with Gasteiger partial charge in [0.15, 0.2) is 0 Å². The van der Waals surface area contributed by atoms with Gasteiger partial charge >= 0.3 is 0 Å². The number of nitrogens with two attached hydrogens (primary N) is 1. The maximum atomic E-state index is 13.7. The topological polar surface area (TPSA) is 26.0 Å². The highest BCUT2D eigenvalue weighted by atomic mass is 19.1. The number of hydrogen-bond acceptors (Lipinski definition) is 1. The first-order valence-electron chi connectivity index (χ1n) is 6.30. The van der Waals surface area contributed by atoms with Gasteiger partial charge < -0.3 is 5.73 Å². The van der Waals surface area contributed by atoms with Gasteiger partial charge in [0.2, 0.25) is 0 Å². The Labute approximate surface area is 101 Å². The summed E-state index contributed by atoms with van der Waals surface area (Å²) >= 11 is 0. The minimum absolute atomic E-state index is 0.297. The molecule has 0 heterocycles. The number of halogens is 2. The second-order valence-electron chi connectivity index (χ2n) is 5.05. The van der Waals surface area contributed by atoms with E-state index in [2.05, 4.69) is 0 Å². The van der Waals surface area contributed by atoms with Gasteiger partial charge in [-0.25, -0.2) is 8.78 Å². The van der Waals surface area contributed by atoms with Crippen LogP contribution in [0.1, 0.15) is 49.3 Å². The molecule has 1 nitrogen and oxygen atoms in total. The van der Waals surface area contributed by atoms with Crippen LogP contribution in [0.25, 0.3) is 0 Å². The lowest BCUT2D eigenvalue weighted by molar-refractivity contribution is 0.303. The van der Waals surface area contributed by atoms with Crippen LogP contribution < -0.4 is 5.73 Å². The van der Waals surface area contributed by atoms with Crippen LogP contribution in [0.2, 0.25) is 0 Å². The molecule has 2 N–H and O–H groups in total. The summed E-state index contributed by atoms with van der Waals surface area (Å²) < 4.78 is 26.9. The van der Waals surface area contributed by atoms with Crippen molar-refractivity contribution in [3.8, 4) is 0 Å². The first-order chi connectivity index (χ1) is 8.09. The van der Waals surface area contributed by atoms with Gasteiger partial charge in [-0.1, -0.05) is 19.3 Å². The van der Waals surface area contributed by atoms with Crippen molar-refractivity contribution < 1.29 is 8.78 Å². The zero-order chi connectivity index (χ0) is 12.4. The van der Waals surface area contributed by atoms with Crippen LogP contribution in [0.15, 0.2) is 12.1 Å². The predicted molar refractivity (Wildman–Crippen MR) is 64.6 cm³/mol. The molecule has 0 saturated heterocycles. The van der Waals surface area contributed by atoms with E-state index in [0.29, 0.717) is 17.0 Å². The molecule has 0 bridgehead atoms. The Hall–Kier alpha value is -0.960. The molecule has 1 aliphatic carbocycles. The Balaban J connectivity index is 2.23. The van der Waals surface area contributed by atoms with Gasteiger partial charge in [0.1, 0.15) is 11.6 Å². The third-order valence-electron chi connectivity index (χ3n) is 3.79. The van der Waals surface area contributed by atoms with Gasteiger partial charge in [-0.05, 0) is 37.3 Å². The molecule has 0 aliphatic heterocycles. The third-order valence-corrected chi connectivity index (χ3v) is 3.79. The molecule has 1 fully saturated rings. The molecule has 1 aromatic rings. The first-order valence-corrected chi connectivity index (χ1v) is 6.30. The van der Waals surface area contributed by atoms with Crippen LogP contribution in [0.4, 0.5) is 8.78 Å². The lowest BCUT2D eigenvalue weighted by Gasteiger charge is -2.28. The maximum absolute atomic E-state index is 13.7. The smallest absolute Gasteiger partial charge is 0.130 e. The van der Waals surface area contributed by atoms with E-state index < -0.39 is 11.6 Å². The number of hydrogen-bond donors (Lipinski definition) is 1. The molecular weight excluding hydrogens is 220 g/mol. The molecule has 0 radical (unpaired) electrons. The lowest BCUT2D eigenvalue weighted by Crippen LogP contribution is -2.24. The van der Waals surface area contributed by atoms with Crippen molar-refractivity contribution in [2.45, 2.75) is 45.1 Å². The molecule has 0 spiro atoms. The van der Waals surface area contributed by atoms with E-state index in [9.17, 15) is 8.78 Å². The van der Waals surface area contributed by atoms with E-state index in [1.165, 1.54) is 19.3 Å². The maximum Gasteiger partial charge on any atom is 0.130 e. The number of aryl methyl sites for hydroxylation is 1. The SMILES string of the molecule is Cc1cc(C(N)C2CCCCC2)c(F)cc1F. The fourth-order valence-electron chi connectivity index (χ4n) is 2.68. The number of rotatable bonds is 2. The Morgan fingerprint density at radius 3 is 2.41 bits per heavy atom. The molecule has 2 rings (SSSR count). The molecule has 1 unspecified atom stereocenters. The van der Waals surface area contributed by atoms with Crippen molar-refractivity contribution in [1.29, 1.82) is 0 Å². The highest BCUT2D eigenvalue weighted by molar-refractivity contribution is 5.28. The number of benzene rings is 1. The zero-order valence-corrected chi connectivity index (χ0v) is 10.2. The van der Waals surface area contributed by atoms with Crippen molar-refractivity contribution in [3.63, 3.8) is 0 Å². The quantitative estimate of drug-likeness (QED) is 0.833. The van der Waals surface area contributed by atoms with Gasteiger partial charge in [0, 0.05) is 17.7 Å². The summed E-state index contributed by atoms with van der Waals surface area (Å²) in [5.41, 5.74) is 7.06. The minimum Gasteiger partial charge on any atom is -0.324 e. The van der Waals surface area contributed by atoms with Crippen LogP contribution in [-0.4, -0.2) is 0 Å². The Kier molecular flexibility index (Phi) is 3.77. The molecule has 94 valence electrons. The standard InChI is InChI=1S/C14H19F2N/c1-9-7-11(13(16)8-12(9)15)14(17)10-5-3-2-4-6-10/h7-8,10,14H,2-6,17H2,1H3. The van der Waals surface area contributed by atoms with E-state index in [4.69, 9.17) is 5.73 Å². The molecule has 1 aliphatic rings. The Bertz CT molecular complexity index is 397. The predicted octanol–water partition coefficient (Wildman–Crippen LogP) is 3.85. The van der Waals surface area contributed by atoms with Gasteiger partial charge in [0.05, 0.1) is 0 Å². The van der Waals surface area contributed by atoms with Crippen LogP contribution in [-0.2, 0) is 0 Å². The van der Waals surface area contributed by atoms with Crippen LogP contribution in [0.3, 0.4) is 0 Å². The van der Waals surface area contributed by atoms with Gasteiger partial charge in [-0.15, -0.1) is 0 Å². The highest BCUT2D eigenvalue weighted by Gasteiger charge is 2.24. The molecule has 1 atom stereocenters. The summed E-state index contributed by atoms with van der Waals surface area (Å²) in [5.74, 6) is -0.670. The lowest BCUT2D eigenvalue weighted by atomic mass is 9.81. The zero-order valence-electron chi connectivity index (χ0n) is 10.2. The van der Waals surface area contributed by atoms with Crippen molar-refractivity contribution in [3.05, 3.63) is 34.9 Å². The summed E-state index contributed by atoms with van der Waals surface area (Å²) in [7, 11) is 0. The van der Waals surface area contributed by atoms with E-state index in [0.717, 1.165) is 18.9 Å². The average molecular weight is 239 g/mol. The molecule has 0 amide bonds. The van der Waals surface area contributed by atoms with E-state index in [1.54, 1.807) is 13.0 Å². The summed E-state index contributed by atoms with van der Waals surface area (Å²) in [6, 6.07) is 2.21. The van der Waals surface area contributed by atoms with Crippen molar-refractivity contribution in [2.24, 2.45) is 11.7 Å². The monoisotopic (exact) mass is 239 g/mol. The summed E-state index contributed by atoms with van der Waals surface area (Å²) in [4.78, 5) is 0. The second-order valence-corrected chi connectivity index (χ2v) is 5.05. The van der Waals surface area contributed by atoms with Crippen molar-refractivity contribution in [1.82, 2.24) is 0 Å². The van der Waals surface area contributed by atoms with Gasteiger partial charge in [0.25, 0.3) is 0 Å². The largest absolute Gasteiger partial charge is 0.324 e. The van der Waals surface area contributed by atoms with E-state index >= 15 is 0 Å². The Morgan fingerprint density at radius 2 is 1.76 bits per heavy atom. The molecule has 17 heavy (non-hydrogen) atoms. The van der Waals surface area contributed by atoms with E-state index in [1.807, 2.05) is 0 Å². The minimum atomic E-state index is -0.508. The van der Waals surface area contributed by atoms with Crippen molar-refractivity contribution in [2.75, 3.05) is 0 Å². The van der Waals surface area contributed by atoms with Crippen LogP contribution >= 0.6 is 0 Å².